The molecular weight excluding hydrogens is 398 g/mol. The van der Waals surface area contributed by atoms with Crippen LogP contribution in [0.15, 0.2) is 79.0 Å². The van der Waals surface area contributed by atoms with Gasteiger partial charge in [-0.05, 0) is 63.9 Å². The summed E-state index contributed by atoms with van der Waals surface area (Å²) in [5, 5.41) is 0. The van der Waals surface area contributed by atoms with E-state index in [1.165, 1.54) is 5.56 Å². The van der Waals surface area contributed by atoms with Crippen molar-refractivity contribution in [1.29, 1.82) is 0 Å². The summed E-state index contributed by atoms with van der Waals surface area (Å²) >= 11 is 0. The first-order valence-electron chi connectivity index (χ1n) is 11.2. The minimum absolute atomic E-state index is 0.188. The van der Waals surface area contributed by atoms with Crippen LogP contribution in [-0.2, 0) is 11.3 Å². The Hall–Kier alpha value is -3.18. The Morgan fingerprint density at radius 1 is 1.03 bits per heavy atom. The third kappa shape index (κ3) is 5.17. The number of rotatable bonds is 5. The summed E-state index contributed by atoms with van der Waals surface area (Å²) in [7, 11) is 0. The number of benzene rings is 2. The number of carbonyl (C=O) groups excluding carboxylic acids is 1. The number of aromatic nitrogens is 1. The van der Waals surface area contributed by atoms with Gasteiger partial charge in [0.25, 0.3) is 0 Å². The van der Waals surface area contributed by atoms with Gasteiger partial charge in [-0.25, -0.2) is 14.7 Å². The van der Waals surface area contributed by atoms with Gasteiger partial charge in [0, 0.05) is 24.3 Å². The number of anilines is 2. The molecule has 4 rings (SSSR count). The molecule has 1 aliphatic rings. The molecular formula is C27H31N3O2. The van der Waals surface area contributed by atoms with E-state index in [4.69, 9.17) is 9.72 Å². The highest BCUT2D eigenvalue weighted by atomic mass is 16.6. The molecule has 32 heavy (non-hydrogen) atoms. The van der Waals surface area contributed by atoms with E-state index in [0.717, 1.165) is 37.2 Å². The van der Waals surface area contributed by atoms with Gasteiger partial charge in [0.2, 0.25) is 0 Å². The van der Waals surface area contributed by atoms with E-state index in [2.05, 4.69) is 35.2 Å². The molecule has 3 aromatic rings. The number of ether oxygens (including phenoxy) is 1. The Balaban J connectivity index is 1.72. The number of hydrogen-bond donors (Lipinski definition) is 0. The molecule has 0 N–H and O–H groups in total. The van der Waals surface area contributed by atoms with E-state index in [1.54, 1.807) is 11.1 Å². The third-order valence-electron chi connectivity index (χ3n) is 5.57. The highest BCUT2D eigenvalue weighted by Gasteiger charge is 2.33. The summed E-state index contributed by atoms with van der Waals surface area (Å²) < 4.78 is 5.78. The van der Waals surface area contributed by atoms with Crippen molar-refractivity contribution in [2.45, 2.75) is 51.8 Å². The predicted octanol–water partition coefficient (Wildman–Crippen LogP) is 6.49. The summed E-state index contributed by atoms with van der Waals surface area (Å²) in [4.78, 5) is 22.1. The number of carbonyl (C=O) groups is 1. The fourth-order valence-corrected chi connectivity index (χ4v) is 4.24. The van der Waals surface area contributed by atoms with Gasteiger partial charge >= 0.3 is 6.09 Å². The molecule has 0 aliphatic carbocycles. The molecule has 1 aliphatic heterocycles. The van der Waals surface area contributed by atoms with Crippen LogP contribution in [-0.4, -0.2) is 28.1 Å². The Labute approximate surface area is 190 Å². The summed E-state index contributed by atoms with van der Waals surface area (Å²) in [6.45, 7) is 7.53. The second-order valence-electron chi connectivity index (χ2n) is 9.18. The molecule has 5 nitrogen and oxygen atoms in total. The van der Waals surface area contributed by atoms with Crippen LogP contribution in [0.3, 0.4) is 0 Å². The Bertz CT molecular complexity index is 1030. The lowest BCUT2D eigenvalue weighted by atomic mass is 10.0. The van der Waals surface area contributed by atoms with Crippen molar-refractivity contribution in [2.24, 2.45) is 0 Å². The normalized spacial score (nSPS) is 16.7. The number of amides is 1. The number of likely N-dealkylation sites (tertiary alicyclic amines) is 1. The van der Waals surface area contributed by atoms with Crippen LogP contribution >= 0.6 is 0 Å². The molecule has 0 radical (unpaired) electrons. The number of nitrogens with zero attached hydrogens (tertiary/aromatic N) is 3. The van der Waals surface area contributed by atoms with Gasteiger partial charge in [-0.1, -0.05) is 54.6 Å². The monoisotopic (exact) mass is 429 g/mol. The zero-order valence-electron chi connectivity index (χ0n) is 19.1. The minimum atomic E-state index is -0.605. The minimum Gasteiger partial charge on any atom is -0.443 e. The van der Waals surface area contributed by atoms with Crippen molar-refractivity contribution in [3.8, 4) is 0 Å². The van der Waals surface area contributed by atoms with Crippen molar-refractivity contribution in [1.82, 2.24) is 9.88 Å². The maximum absolute atomic E-state index is 13.3. The van der Waals surface area contributed by atoms with Crippen LogP contribution in [0.5, 0.6) is 0 Å². The highest BCUT2D eigenvalue weighted by Crippen LogP contribution is 2.39. The molecule has 166 valence electrons. The molecule has 0 saturated carbocycles. The van der Waals surface area contributed by atoms with Gasteiger partial charge in [0.1, 0.15) is 11.4 Å². The maximum atomic E-state index is 13.3. The molecule has 1 unspecified atom stereocenters. The lowest BCUT2D eigenvalue weighted by Crippen LogP contribution is -2.35. The molecule has 2 heterocycles. The first-order valence-corrected chi connectivity index (χ1v) is 11.2. The molecule has 1 saturated heterocycles. The van der Waals surface area contributed by atoms with E-state index in [1.807, 2.05) is 63.2 Å². The lowest BCUT2D eigenvalue weighted by molar-refractivity contribution is 0.0597. The molecule has 2 aromatic carbocycles. The quantitative estimate of drug-likeness (QED) is 0.465. The van der Waals surface area contributed by atoms with Crippen molar-refractivity contribution < 1.29 is 9.53 Å². The van der Waals surface area contributed by atoms with Gasteiger partial charge in [0.05, 0.1) is 5.69 Å². The molecule has 5 heteroatoms. The summed E-state index contributed by atoms with van der Waals surface area (Å²) in [5.74, 6) is 0.637. The summed E-state index contributed by atoms with van der Waals surface area (Å²) in [5.41, 5.74) is 2.48. The fourth-order valence-electron chi connectivity index (χ4n) is 4.24. The first kappa shape index (κ1) is 22.0. The van der Waals surface area contributed by atoms with Crippen molar-refractivity contribution in [2.75, 3.05) is 11.4 Å². The number of para-hydroxylation sites is 1. The van der Waals surface area contributed by atoms with Crippen LogP contribution in [0.1, 0.15) is 50.8 Å². The Morgan fingerprint density at radius 2 is 1.72 bits per heavy atom. The van der Waals surface area contributed by atoms with E-state index >= 15 is 0 Å². The van der Waals surface area contributed by atoms with Gasteiger partial charge < -0.3 is 4.74 Å². The molecule has 0 bridgehead atoms. The predicted molar refractivity (Wildman–Crippen MR) is 128 cm³/mol. The van der Waals surface area contributed by atoms with Crippen LogP contribution < -0.4 is 4.90 Å². The summed E-state index contributed by atoms with van der Waals surface area (Å²) in [6.07, 6.45) is 3.47. The van der Waals surface area contributed by atoms with Gasteiger partial charge in [-0.3, -0.25) is 4.90 Å². The molecule has 1 aromatic heterocycles. The zero-order valence-corrected chi connectivity index (χ0v) is 19.1. The first-order chi connectivity index (χ1) is 15.4. The standard InChI is InChI=1S/C27H31N3O2/c1-27(2,3)32-26(31)30(22-14-8-5-9-15-22)25-23(16-10-18-28-25)24-17-11-19-29(24)20-21-12-6-4-7-13-21/h4-10,12-16,18,24H,11,17,19-20H2,1-3H3. The Morgan fingerprint density at radius 3 is 2.41 bits per heavy atom. The average Bonchev–Trinajstić information content (AvgIpc) is 3.22. The average molecular weight is 430 g/mol. The lowest BCUT2D eigenvalue weighted by Gasteiger charge is -2.31. The Kier molecular flexibility index (Phi) is 6.56. The van der Waals surface area contributed by atoms with Crippen molar-refractivity contribution >= 4 is 17.6 Å². The van der Waals surface area contributed by atoms with Gasteiger partial charge in [-0.15, -0.1) is 0 Å². The molecule has 1 atom stereocenters. The van der Waals surface area contributed by atoms with Gasteiger partial charge in [-0.2, -0.15) is 0 Å². The fraction of sp³-hybridized carbons (Fsp3) is 0.333. The SMILES string of the molecule is CC(C)(C)OC(=O)N(c1ccccc1)c1ncccc1C1CCCN1Cc1ccccc1. The summed E-state index contributed by atoms with van der Waals surface area (Å²) in [6, 6.07) is 24.4. The number of pyridine rings is 1. The van der Waals surface area contributed by atoms with Crippen LogP contribution in [0.2, 0.25) is 0 Å². The largest absolute Gasteiger partial charge is 0.443 e. The maximum Gasteiger partial charge on any atom is 0.420 e. The second kappa shape index (κ2) is 9.53. The number of hydrogen-bond acceptors (Lipinski definition) is 4. The highest BCUT2D eigenvalue weighted by molar-refractivity contribution is 5.96. The van der Waals surface area contributed by atoms with E-state index in [9.17, 15) is 4.79 Å². The van der Waals surface area contributed by atoms with Crippen LogP contribution in [0.4, 0.5) is 16.3 Å². The molecule has 0 spiro atoms. The van der Waals surface area contributed by atoms with Crippen LogP contribution in [0, 0.1) is 0 Å². The van der Waals surface area contributed by atoms with Gasteiger partial charge in [0.15, 0.2) is 0 Å². The third-order valence-corrected chi connectivity index (χ3v) is 5.57. The zero-order chi connectivity index (χ0) is 22.6. The molecule has 1 fully saturated rings. The van der Waals surface area contributed by atoms with Crippen molar-refractivity contribution in [3.05, 3.63) is 90.1 Å². The van der Waals surface area contributed by atoms with E-state index < -0.39 is 11.7 Å². The van der Waals surface area contributed by atoms with E-state index in [-0.39, 0.29) is 6.04 Å². The molecule has 1 amide bonds. The second-order valence-corrected chi connectivity index (χ2v) is 9.18. The van der Waals surface area contributed by atoms with E-state index in [0.29, 0.717) is 5.82 Å². The smallest absolute Gasteiger partial charge is 0.420 e. The topological polar surface area (TPSA) is 45.7 Å². The van der Waals surface area contributed by atoms with Crippen molar-refractivity contribution in [3.63, 3.8) is 0 Å². The van der Waals surface area contributed by atoms with Crippen LogP contribution in [0.25, 0.3) is 0 Å².